The van der Waals surface area contributed by atoms with Crippen molar-refractivity contribution in [2.24, 2.45) is 5.41 Å². The van der Waals surface area contributed by atoms with Crippen LogP contribution in [0.4, 0.5) is 5.69 Å². The number of carbonyl (C=O) groups is 1. The van der Waals surface area contributed by atoms with Crippen molar-refractivity contribution >= 4 is 11.6 Å². The molecule has 0 saturated heterocycles. The number of carbonyl (C=O) groups excluding carboxylic acids is 1. The molecule has 2 aromatic carbocycles. The van der Waals surface area contributed by atoms with Gasteiger partial charge < -0.3 is 10.1 Å². The SMILES string of the molecule is Cc1ccc(C)c(OCCCC(C)(C)C(=O)Nc2cccc(-c3nn[nH]n3)c2)c1. The highest BCUT2D eigenvalue weighted by Gasteiger charge is 2.27. The standard InChI is InChI=1S/C22H27N5O2/c1-15-9-10-16(2)19(13-15)29-12-6-11-22(3,4)21(28)23-18-8-5-7-17(14-18)20-24-26-27-25-20/h5,7-10,13-14H,6,11-12H2,1-4H3,(H,23,28)(H,24,25,26,27). The number of aromatic nitrogens is 4. The predicted octanol–water partition coefficient (Wildman–Crippen LogP) is 4.31. The van der Waals surface area contributed by atoms with E-state index >= 15 is 0 Å². The Morgan fingerprint density at radius 3 is 2.76 bits per heavy atom. The van der Waals surface area contributed by atoms with Crippen molar-refractivity contribution in [3.63, 3.8) is 0 Å². The lowest BCUT2D eigenvalue weighted by Gasteiger charge is -2.24. The molecule has 1 heterocycles. The number of hydrogen-bond donors (Lipinski definition) is 2. The number of H-pyrrole nitrogens is 1. The fourth-order valence-corrected chi connectivity index (χ4v) is 2.99. The molecule has 2 N–H and O–H groups in total. The first-order chi connectivity index (χ1) is 13.8. The minimum Gasteiger partial charge on any atom is -0.493 e. The Balaban J connectivity index is 1.53. The van der Waals surface area contributed by atoms with Crippen LogP contribution in [0.15, 0.2) is 42.5 Å². The number of benzene rings is 2. The maximum Gasteiger partial charge on any atom is 0.230 e. The Kier molecular flexibility index (Phi) is 6.26. The van der Waals surface area contributed by atoms with E-state index in [0.717, 1.165) is 23.3 Å². The minimum atomic E-state index is -0.521. The second-order valence-electron chi connectivity index (χ2n) is 7.88. The van der Waals surface area contributed by atoms with Crippen molar-refractivity contribution < 1.29 is 9.53 Å². The Morgan fingerprint density at radius 2 is 2.00 bits per heavy atom. The maximum atomic E-state index is 12.8. The fourth-order valence-electron chi connectivity index (χ4n) is 2.99. The van der Waals surface area contributed by atoms with E-state index in [1.165, 1.54) is 5.56 Å². The van der Waals surface area contributed by atoms with E-state index in [2.05, 4.69) is 38.1 Å². The summed E-state index contributed by atoms with van der Waals surface area (Å²) in [5, 5.41) is 16.9. The number of ether oxygens (including phenoxy) is 1. The molecule has 0 aliphatic carbocycles. The van der Waals surface area contributed by atoms with E-state index < -0.39 is 5.41 Å². The summed E-state index contributed by atoms with van der Waals surface area (Å²) in [4.78, 5) is 12.8. The quantitative estimate of drug-likeness (QED) is 0.556. The van der Waals surface area contributed by atoms with E-state index in [9.17, 15) is 4.79 Å². The third kappa shape index (κ3) is 5.40. The van der Waals surface area contributed by atoms with Crippen LogP contribution in [0.25, 0.3) is 11.4 Å². The first-order valence-corrected chi connectivity index (χ1v) is 9.70. The molecular weight excluding hydrogens is 366 g/mol. The second kappa shape index (κ2) is 8.86. The molecular formula is C22H27N5O2. The number of aryl methyl sites for hydroxylation is 2. The molecule has 0 aliphatic rings. The van der Waals surface area contributed by atoms with Crippen LogP contribution >= 0.6 is 0 Å². The zero-order valence-corrected chi connectivity index (χ0v) is 17.3. The van der Waals surface area contributed by atoms with Gasteiger partial charge in [-0.15, -0.1) is 10.2 Å². The number of tetrazole rings is 1. The van der Waals surface area contributed by atoms with Crippen molar-refractivity contribution in [1.29, 1.82) is 0 Å². The molecule has 1 amide bonds. The number of rotatable bonds is 8. The van der Waals surface area contributed by atoms with E-state index in [1.54, 1.807) is 0 Å². The zero-order chi connectivity index (χ0) is 20.9. The van der Waals surface area contributed by atoms with Gasteiger partial charge in [-0.1, -0.05) is 38.1 Å². The molecule has 0 atom stereocenters. The lowest BCUT2D eigenvalue weighted by atomic mass is 9.87. The van der Waals surface area contributed by atoms with Crippen LogP contribution in [0.3, 0.4) is 0 Å². The summed E-state index contributed by atoms with van der Waals surface area (Å²) in [6.45, 7) is 8.56. The first kappa shape index (κ1) is 20.5. The van der Waals surface area contributed by atoms with Gasteiger partial charge in [-0.05, 0) is 61.2 Å². The molecule has 29 heavy (non-hydrogen) atoms. The third-order valence-electron chi connectivity index (χ3n) is 4.89. The number of aromatic amines is 1. The van der Waals surface area contributed by atoms with Crippen LogP contribution in [-0.4, -0.2) is 33.1 Å². The second-order valence-corrected chi connectivity index (χ2v) is 7.88. The zero-order valence-electron chi connectivity index (χ0n) is 17.3. The van der Waals surface area contributed by atoms with Gasteiger partial charge in [0.25, 0.3) is 0 Å². The molecule has 0 aliphatic heterocycles. The van der Waals surface area contributed by atoms with Crippen LogP contribution in [0.1, 0.15) is 37.8 Å². The van der Waals surface area contributed by atoms with Crippen LogP contribution in [-0.2, 0) is 4.79 Å². The van der Waals surface area contributed by atoms with Crippen molar-refractivity contribution in [2.45, 2.75) is 40.5 Å². The van der Waals surface area contributed by atoms with Crippen LogP contribution < -0.4 is 10.1 Å². The first-order valence-electron chi connectivity index (χ1n) is 9.70. The smallest absolute Gasteiger partial charge is 0.230 e. The van der Waals surface area contributed by atoms with Crippen molar-refractivity contribution in [3.8, 4) is 17.1 Å². The summed E-state index contributed by atoms with van der Waals surface area (Å²) in [6.07, 6.45) is 1.50. The fraction of sp³-hybridized carbons (Fsp3) is 0.364. The molecule has 0 fully saturated rings. The van der Waals surface area contributed by atoms with Crippen molar-refractivity contribution in [1.82, 2.24) is 20.6 Å². The topological polar surface area (TPSA) is 92.8 Å². The Labute approximate surface area is 170 Å². The third-order valence-corrected chi connectivity index (χ3v) is 4.89. The summed E-state index contributed by atoms with van der Waals surface area (Å²) in [6, 6.07) is 13.6. The van der Waals surface area contributed by atoms with Gasteiger partial charge in [0, 0.05) is 16.7 Å². The van der Waals surface area contributed by atoms with Crippen LogP contribution in [0, 0.1) is 19.3 Å². The lowest BCUT2D eigenvalue weighted by molar-refractivity contribution is -0.124. The van der Waals surface area contributed by atoms with Crippen molar-refractivity contribution in [3.05, 3.63) is 53.6 Å². The summed E-state index contributed by atoms with van der Waals surface area (Å²) in [5.74, 6) is 1.36. The monoisotopic (exact) mass is 393 g/mol. The van der Waals surface area contributed by atoms with Crippen molar-refractivity contribution in [2.75, 3.05) is 11.9 Å². The highest BCUT2D eigenvalue weighted by Crippen LogP contribution is 2.27. The number of nitrogens with zero attached hydrogens (tertiary/aromatic N) is 3. The largest absolute Gasteiger partial charge is 0.493 e. The van der Waals surface area contributed by atoms with E-state index in [0.29, 0.717) is 24.5 Å². The minimum absolute atomic E-state index is 0.0329. The number of nitrogens with one attached hydrogen (secondary N) is 2. The normalized spacial score (nSPS) is 11.3. The van der Waals surface area contributed by atoms with E-state index in [4.69, 9.17) is 4.74 Å². The number of amides is 1. The molecule has 0 saturated carbocycles. The highest BCUT2D eigenvalue weighted by molar-refractivity contribution is 5.95. The Bertz CT molecular complexity index is 967. The van der Waals surface area contributed by atoms with Gasteiger partial charge in [-0.3, -0.25) is 4.79 Å². The van der Waals surface area contributed by atoms with Gasteiger partial charge in [0.15, 0.2) is 0 Å². The molecule has 7 nitrogen and oxygen atoms in total. The molecule has 0 spiro atoms. The maximum absolute atomic E-state index is 12.8. The number of anilines is 1. The van der Waals surface area contributed by atoms with Crippen LogP contribution in [0.2, 0.25) is 0 Å². The summed E-state index contributed by atoms with van der Waals surface area (Å²) in [5.41, 5.74) is 3.27. The molecule has 7 heteroatoms. The average Bonchev–Trinajstić information content (AvgIpc) is 3.23. The van der Waals surface area contributed by atoms with Gasteiger partial charge in [0.1, 0.15) is 5.75 Å². The lowest BCUT2D eigenvalue weighted by Crippen LogP contribution is -2.31. The van der Waals surface area contributed by atoms with Gasteiger partial charge >= 0.3 is 0 Å². The molecule has 1 aromatic heterocycles. The molecule has 0 unspecified atom stereocenters. The van der Waals surface area contributed by atoms with E-state index in [1.807, 2.05) is 58.0 Å². The van der Waals surface area contributed by atoms with E-state index in [-0.39, 0.29) is 5.91 Å². The average molecular weight is 393 g/mol. The summed E-state index contributed by atoms with van der Waals surface area (Å²) >= 11 is 0. The van der Waals surface area contributed by atoms with Gasteiger partial charge in [-0.25, -0.2) is 0 Å². The van der Waals surface area contributed by atoms with Gasteiger partial charge in [0.2, 0.25) is 11.7 Å². The molecule has 3 aromatic rings. The summed E-state index contributed by atoms with van der Waals surface area (Å²) in [7, 11) is 0. The molecule has 152 valence electrons. The number of hydrogen-bond acceptors (Lipinski definition) is 5. The predicted molar refractivity (Wildman–Crippen MR) is 113 cm³/mol. The summed E-state index contributed by atoms with van der Waals surface area (Å²) < 4.78 is 5.91. The van der Waals surface area contributed by atoms with Crippen LogP contribution in [0.5, 0.6) is 5.75 Å². The molecule has 0 radical (unpaired) electrons. The molecule has 3 rings (SSSR count). The Morgan fingerprint density at radius 1 is 1.17 bits per heavy atom. The van der Waals surface area contributed by atoms with Gasteiger partial charge in [0.05, 0.1) is 6.61 Å². The highest BCUT2D eigenvalue weighted by atomic mass is 16.5. The molecule has 0 bridgehead atoms. The Hall–Kier alpha value is -3.22. The van der Waals surface area contributed by atoms with Gasteiger partial charge in [-0.2, -0.15) is 5.21 Å².